The van der Waals surface area contributed by atoms with Gasteiger partial charge in [-0.15, -0.1) is 15.7 Å². The van der Waals surface area contributed by atoms with E-state index in [1.165, 1.54) is 18.2 Å². The maximum absolute atomic E-state index is 12.4. The van der Waals surface area contributed by atoms with Crippen LogP contribution in [0.5, 0.6) is 0 Å². The van der Waals surface area contributed by atoms with Gasteiger partial charge in [0.25, 0.3) is 10.0 Å². The summed E-state index contributed by atoms with van der Waals surface area (Å²) in [4.78, 5) is 14.1. The number of hydrogen-bond acceptors (Lipinski definition) is 5. The lowest BCUT2D eigenvalue weighted by Gasteiger charge is -2.30. The van der Waals surface area contributed by atoms with Gasteiger partial charge in [-0.1, -0.05) is 37.1 Å². The zero-order valence-electron chi connectivity index (χ0n) is 12.3. The van der Waals surface area contributed by atoms with E-state index in [1.807, 2.05) is 6.92 Å². The van der Waals surface area contributed by atoms with Crippen molar-refractivity contribution in [1.29, 1.82) is 0 Å². The second kappa shape index (κ2) is 6.33. The molecule has 2 heterocycles. The molecule has 5 nitrogen and oxygen atoms in total. The first-order valence-electron chi connectivity index (χ1n) is 7.37. The lowest BCUT2D eigenvalue weighted by Crippen LogP contribution is -2.42. The average molecular weight is 359 g/mol. The van der Waals surface area contributed by atoms with Crippen LogP contribution in [0.15, 0.2) is 26.1 Å². The highest BCUT2D eigenvalue weighted by Crippen LogP contribution is 2.34. The Morgan fingerprint density at radius 1 is 1.27 bits per heavy atom. The molecule has 1 aliphatic heterocycles. The first-order valence-corrected chi connectivity index (χ1v) is 10.6. The molecule has 1 atom stereocenters. The van der Waals surface area contributed by atoms with Crippen LogP contribution in [0.3, 0.4) is 0 Å². The molecular weight excluding hydrogens is 340 g/mol. The Balaban J connectivity index is 1.93. The van der Waals surface area contributed by atoms with Gasteiger partial charge in [-0.25, -0.2) is 0 Å². The van der Waals surface area contributed by atoms with Gasteiger partial charge in [-0.2, -0.15) is 8.42 Å². The predicted molar refractivity (Wildman–Crippen MR) is 89.7 cm³/mol. The molecule has 120 valence electrons. The number of sulfonamides is 1. The minimum Gasteiger partial charge on any atom is -0.287 e. The molecule has 3 rings (SSSR count). The Kier molecular flexibility index (Phi) is 4.61. The van der Waals surface area contributed by atoms with Crippen LogP contribution in [0.2, 0.25) is 0 Å². The number of nitrogens with zero attached hydrogens (tertiary/aromatic N) is 2. The number of thiophene rings is 1. The molecule has 1 unspecified atom stereocenters. The van der Waals surface area contributed by atoms with Crippen molar-refractivity contribution in [2.75, 3.05) is 0 Å². The van der Waals surface area contributed by atoms with E-state index in [0.717, 1.165) is 37.0 Å². The molecule has 0 bridgehead atoms. The van der Waals surface area contributed by atoms with Crippen molar-refractivity contribution in [1.82, 2.24) is 4.90 Å². The van der Waals surface area contributed by atoms with Crippen LogP contribution in [-0.4, -0.2) is 35.7 Å². The van der Waals surface area contributed by atoms with Gasteiger partial charge in [0.1, 0.15) is 4.21 Å². The SMILES string of the molecule is CC1S/C(=N/S(=O)(=O)c2cccs2)N(C2CCCCC2)C1=O. The Hall–Kier alpha value is -0.860. The van der Waals surface area contributed by atoms with E-state index in [9.17, 15) is 13.2 Å². The fraction of sp³-hybridized carbons (Fsp3) is 0.571. The molecule has 1 amide bonds. The van der Waals surface area contributed by atoms with Crippen molar-refractivity contribution in [2.45, 2.75) is 54.5 Å². The van der Waals surface area contributed by atoms with Gasteiger partial charge in [-0.3, -0.25) is 9.69 Å². The molecule has 0 aromatic carbocycles. The van der Waals surface area contributed by atoms with Gasteiger partial charge in [0.15, 0.2) is 5.17 Å². The topological polar surface area (TPSA) is 66.8 Å². The van der Waals surface area contributed by atoms with Crippen LogP contribution in [0.1, 0.15) is 39.0 Å². The molecule has 22 heavy (non-hydrogen) atoms. The Morgan fingerprint density at radius 2 is 2.00 bits per heavy atom. The van der Waals surface area contributed by atoms with E-state index in [4.69, 9.17) is 0 Å². The van der Waals surface area contributed by atoms with Crippen molar-refractivity contribution in [3.63, 3.8) is 0 Å². The van der Waals surface area contributed by atoms with Crippen molar-refractivity contribution >= 4 is 44.2 Å². The smallest absolute Gasteiger partial charge is 0.287 e. The number of amidine groups is 1. The van der Waals surface area contributed by atoms with Crippen molar-refractivity contribution in [3.8, 4) is 0 Å². The largest absolute Gasteiger partial charge is 0.294 e. The molecule has 1 saturated heterocycles. The Bertz CT molecular complexity index is 676. The van der Waals surface area contributed by atoms with Crippen LogP contribution in [-0.2, 0) is 14.8 Å². The van der Waals surface area contributed by atoms with E-state index >= 15 is 0 Å². The maximum atomic E-state index is 12.4. The zero-order chi connectivity index (χ0) is 15.7. The summed E-state index contributed by atoms with van der Waals surface area (Å²) < 4.78 is 28.9. The molecule has 1 aliphatic carbocycles. The first-order chi connectivity index (χ1) is 10.5. The number of carbonyl (C=O) groups is 1. The van der Waals surface area contributed by atoms with Gasteiger partial charge in [0, 0.05) is 6.04 Å². The third-order valence-electron chi connectivity index (χ3n) is 3.96. The normalized spacial score (nSPS) is 26.0. The maximum Gasteiger partial charge on any atom is 0.294 e. The number of thioether (sulfide) groups is 1. The average Bonchev–Trinajstić information content (AvgIpc) is 3.10. The van der Waals surface area contributed by atoms with Crippen LogP contribution in [0.25, 0.3) is 0 Å². The van der Waals surface area contributed by atoms with Crippen molar-refractivity contribution in [2.24, 2.45) is 4.40 Å². The number of rotatable bonds is 3. The molecule has 1 aromatic rings. The van der Waals surface area contributed by atoms with Crippen molar-refractivity contribution < 1.29 is 13.2 Å². The molecule has 0 N–H and O–H groups in total. The Labute approximate surface area is 138 Å². The highest BCUT2D eigenvalue weighted by atomic mass is 32.2. The second-order valence-corrected chi connectivity index (χ2v) is 9.63. The van der Waals surface area contributed by atoms with Gasteiger partial charge < -0.3 is 0 Å². The summed E-state index contributed by atoms with van der Waals surface area (Å²) in [5.41, 5.74) is 0. The highest BCUT2D eigenvalue weighted by molar-refractivity contribution is 8.16. The Morgan fingerprint density at radius 3 is 2.64 bits per heavy atom. The van der Waals surface area contributed by atoms with E-state index < -0.39 is 10.0 Å². The molecule has 0 spiro atoms. The lowest BCUT2D eigenvalue weighted by atomic mass is 9.94. The quantitative estimate of drug-likeness (QED) is 0.833. The molecular formula is C14H18N2O3S3. The summed E-state index contributed by atoms with van der Waals surface area (Å²) in [5, 5.41) is 1.79. The highest BCUT2D eigenvalue weighted by Gasteiger charge is 2.40. The standard InChI is InChI=1S/C14H18N2O3S3/c1-10-13(17)16(11-6-3-2-4-7-11)14(21-10)15-22(18,19)12-8-5-9-20-12/h5,8-11H,2-4,6-7H2,1H3/b15-14+. The fourth-order valence-corrected chi connectivity index (χ4v) is 6.05. The van der Waals surface area contributed by atoms with E-state index in [2.05, 4.69) is 4.40 Å². The zero-order valence-corrected chi connectivity index (χ0v) is 14.7. The van der Waals surface area contributed by atoms with Gasteiger partial charge in [0.2, 0.25) is 5.91 Å². The number of carbonyl (C=O) groups excluding carboxylic acids is 1. The summed E-state index contributed by atoms with van der Waals surface area (Å²) in [6.07, 6.45) is 5.20. The van der Waals surface area contributed by atoms with Crippen molar-refractivity contribution in [3.05, 3.63) is 17.5 Å². The van der Waals surface area contributed by atoms with Crippen LogP contribution < -0.4 is 0 Å². The van der Waals surface area contributed by atoms with E-state index in [-0.39, 0.29) is 21.4 Å². The van der Waals surface area contributed by atoms with Crippen LogP contribution >= 0.6 is 23.1 Å². The minimum absolute atomic E-state index is 0.0166. The summed E-state index contributed by atoms with van der Waals surface area (Å²) in [7, 11) is -3.73. The molecule has 2 fully saturated rings. The summed E-state index contributed by atoms with van der Waals surface area (Å²) in [5.74, 6) is -0.0166. The summed E-state index contributed by atoms with van der Waals surface area (Å²) in [6.45, 7) is 1.81. The summed E-state index contributed by atoms with van der Waals surface area (Å²) in [6, 6.07) is 3.32. The predicted octanol–water partition coefficient (Wildman–Crippen LogP) is 3.09. The number of hydrogen-bond donors (Lipinski definition) is 0. The van der Waals surface area contributed by atoms with Gasteiger partial charge in [0.05, 0.1) is 5.25 Å². The van der Waals surface area contributed by atoms with Crippen LogP contribution in [0, 0.1) is 0 Å². The molecule has 1 saturated carbocycles. The van der Waals surface area contributed by atoms with Gasteiger partial charge in [-0.05, 0) is 31.2 Å². The molecule has 8 heteroatoms. The lowest BCUT2D eigenvalue weighted by molar-refractivity contribution is -0.127. The molecule has 1 aromatic heterocycles. The second-order valence-electron chi connectivity index (χ2n) is 5.54. The fourth-order valence-electron chi connectivity index (χ4n) is 2.85. The van der Waals surface area contributed by atoms with Crippen LogP contribution in [0.4, 0.5) is 0 Å². The number of amides is 1. The third-order valence-corrected chi connectivity index (χ3v) is 7.77. The first kappa shape index (κ1) is 16.0. The summed E-state index contributed by atoms with van der Waals surface area (Å²) >= 11 is 2.40. The van der Waals surface area contributed by atoms with E-state index in [0.29, 0.717) is 5.17 Å². The third kappa shape index (κ3) is 3.09. The van der Waals surface area contributed by atoms with E-state index in [1.54, 1.807) is 22.4 Å². The minimum atomic E-state index is -3.73. The molecule has 2 aliphatic rings. The monoisotopic (exact) mass is 358 g/mol. The van der Waals surface area contributed by atoms with Gasteiger partial charge >= 0.3 is 0 Å². The molecule has 0 radical (unpaired) electrons.